The highest BCUT2D eigenvalue weighted by molar-refractivity contribution is 5.85. The van der Waals surface area contributed by atoms with Crippen LogP contribution in [0.2, 0.25) is 0 Å². The van der Waals surface area contributed by atoms with Crippen LogP contribution in [-0.2, 0) is 0 Å². The number of likely N-dealkylation sites (tertiary alicyclic amines) is 1. The number of halogens is 1. The van der Waals surface area contributed by atoms with E-state index in [9.17, 15) is 0 Å². The molecule has 6 nitrogen and oxygen atoms in total. The minimum absolute atomic E-state index is 0. The van der Waals surface area contributed by atoms with Crippen molar-refractivity contribution in [1.82, 2.24) is 14.9 Å². The van der Waals surface area contributed by atoms with Crippen LogP contribution in [0.3, 0.4) is 0 Å². The van der Waals surface area contributed by atoms with Gasteiger partial charge in [0.05, 0.1) is 6.54 Å². The number of nitrogens with zero attached hydrogens (tertiary/aromatic N) is 3. The van der Waals surface area contributed by atoms with Crippen molar-refractivity contribution >= 4 is 11.9 Å². The van der Waals surface area contributed by atoms with Gasteiger partial charge in [-0.05, 0) is 52.6 Å². The normalized spacial score (nSPS) is 19.3. The van der Waals surface area contributed by atoms with E-state index in [0.717, 1.165) is 36.9 Å². The minimum atomic E-state index is 0. The Labute approximate surface area is 145 Å². The second-order valence-electron chi connectivity index (χ2n) is 6.17. The number of aryl methyl sites for hydroxylation is 2. The predicted molar refractivity (Wildman–Crippen MR) is 89.7 cm³/mol. The van der Waals surface area contributed by atoms with Gasteiger partial charge in [-0.2, -0.15) is 0 Å². The molecule has 0 aliphatic carbocycles. The van der Waals surface area contributed by atoms with Crippen LogP contribution >= 0.6 is 0 Å². The molecule has 23 heavy (non-hydrogen) atoms. The van der Waals surface area contributed by atoms with Gasteiger partial charge in [-0.3, -0.25) is 10.7 Å². The van der Waals surface area contributed by atoms with E-state index in [1.54, 1.807) is 0 Å². The molecule has 2 rings (SSSR count). The van der Waals surface area contributed by atoms with Crippen LogP contribution in [0.5, 0.6) is 0 Å². The summed E-state index contributed by atoms with van der Waals surface area (Å²) in [6, 6.07) is 2.66. The molecule has 7 heteroatoms. The summed E-state index contributed by atoms with van der Waals surface area (Å²) in [5.74, 6) is 1.06. The molecule has 1 aliphatic heterocycles. The van der Waals surface area contributed by atoms with Crippen LogP contribution in [0, 0.1) is 13.8 Å². The lowest BCUT2D eigenvalue weighted by Crippen LogP contribution is -3.00. The average Bonchev–Trinajstić information content (AvgIpc) is 2.44. The van der Waals surface area contributed by atoms with Crippen molar-refractivity contribution in [3.63, 3.8) is 0 Å². The van der Waals surface area contributed by atoms with E-state index in [1.807, 2.05) is 19.9 Å². The van der Waals surface area contributed by atoms with Gasteiger partial charge in [0, 0.05) is 24.0 Å². The monoisotopic (exact) mass is 340 g/mol. The molecule has 0 spiro atoms. The molecule has 1 aliphatic rings. The number of hydrogen-bond acceptors (Lipinski definition) is 3. The van der Waals surface area contributed by atoms with Gasteiger partial charge >= 0.3 is 5.96 Å². The fourth-order valence-corrected chi connectivity index (χ4v) is 2.94. The third kappa shape index (κ3) is 6.71. The second-order valence-corrected chi connectivity index (χ2v) is 6.17. The van der Waals surface area contributed by atoms with Crippen molar-refractivity contribution in [2.45, 2.75) is 52.5 Å². The average molecular weight is 341 g/mol. The number of nitrogens with one attached hydrogen (secondary N) is 2. The number of nitrogens with two attached hydrogens (primary N) is 1. The van der Waals surface area contributed by atoms with Crippen LogP contribution in [0.25, 0.3) is 0 Å². The Morgan fingerprint density at radius 3 is 2.70 bits per heavy atom. The van der Waals surface area contributed by atoms with Gasteiger partial charge in [0.2, 0.25) is 0 Å². The molecule has 0 amide bonds. The maximum absolute atomic E-state index is 5.95. The number of hydrogen-bond donors (Lipinski definition) is 3. The van der Waals surface area contributed by atoms with Gasteiger partial charge in [0.25, 0.3) is 5.95 Å². The molecule has 1 fully saturated rings. The Balaban J connectivity index is 0.00000264. The van der Waals surface area contributed by atoms with Crippen LogP contribution in [-0.4, -0.2) is 46.5 Å². The largest absolute Gasteiger partial charge is 1.00 e. The molecule has 0 bridgehead atoms. The van der Waals surface area contributed by atoms with E-state index in [0.29, 0.717) is 11.9 Å². The lowest BCUT2D eigenvalue weighted by Gasteiger charge is -2.33. The van der Waals surface area contributed by atoms with Crippen molar-refractivity contribution in [3.05, 3.63) is 17.5 Å². The fraction of sp³-hybridized carbons (Fsp3) is 0.688. The smallest absolute Gasteiger partial charge is 0.348 e. The maximum atomic E-state index is 5.95. The SMILES string of the molecule is Cc1cc(C)nc(NC(N)=[NH+]CCCN2CCCCC2C)n1.[Cl-]. The first-order valence-corrected chi connectivity index (χ1v) is 8.24. The standard InChI is InChI=1S/C16H28N6.ClH/c1-12-11-13(2)20-16(19-12)21-15(17)18-8-6-10-22-9-5-4-7-14(22)3;/h11,14H,4-10H2,1-3H3,(H3,17,18,19,20,21);1H. The molecule has 2 heterocycles. The van der Waals surface area contributed by atoms with E-state index in [1.165, 1.54) is 25.8 Å². The number of guanidine groups is 1. The number of aromatic nitrogens is 2. The zero-order valence-corrected chi connectivity index (χ0v) is 15.2. The van der Waals surface area contributed by atoms with E-state index in [4.69, 9.17) is 5.73 Å². The van der Waals surface area contributed by atoms with Gasteiger partial charge in [-0.25, -0.2) is 15.3 Å². The van der Waals surface area contributed by atoms with E-state index in [2.05, 4.69) is 32.1 Å². The van der Waals surface area contributed by atoms with Crippen molar-refractivity contribution in [1.29, 1.82) is 0 Å². The fourth-order valence-electron chi connectivity index (χ4n) is 2.94. The van der Waals surface area contributed by atoms with Gasteiger partial charge in [-0.1, -0.05) is 6.42 Å². The third-order valence-electron chi connectivity index (χ3n) is 4.11. The molecular formula is C16H29ClN6. The molecule has 0 radical (unpaired) electrons. The first-order chi connectivity index (χ1) is 10.5. The molecule has 0 saturated carbocycles. The van der Waals surface area contributed by atoms with Crippen molar-refractivity contribution < 1.29 is 17.4 Å². The topological polar surface area (TPSA) is 81.0 Å². The molecule has 1 aromatic heterocycles. The summed E-state index contributed by atoms with van der Waals surface area (Å²) >= 11 is 0. The van der Waals surface area contributed by atoms with Gasteiger partial charge in [0.15, 0.2) is 0 Å². The Morgan fingerprint density at radius 1 is 1.35 bits per heavy atom. The molecule has 4 N–H and O–H groups in total. The van der Waals surface area contributed by atoms with E-state index < -0.39 is 0 Å². The lowest BCUT2D eigenvalue weighted by atomic mass is 10.0. The zero-order valence-electron chi connectivity index (χ0n) is 14.4. The first kappa shape index (κ1) is 19.6. The highest BCUT2D eigenvalue weighted by atomic mass is 35.5. The van der Waals surface area contributed by atoms with Crippen LogP contribution < -0.4 is 28.4 Å². The van der Waals surface area contributed by atoms with Crippen LogP contribution in [0.15, 0.2) is 6.07 Å². The lowest BCUT2D eigenvalue weighted by molar-refractivity contribution is -0.458. The molecule has 130 valence electrons. The highest BCUT2D eigenvalue weighted by Gasteiger charge is 2.17. The first-order valence-electron chi connectivity index (χ1n) is 8.24. The quantitative estimate of drug-likeness (QED) is 0.306. The van der Waals surface area contributed by atoms with Gasteiger partial charge in [0.1, 0.15) is 0 Å². The molecular weight excluding hydrogens is 312 g/mol. The summed E-state index contributed by atoms with van der Waals surface area (Å²) in [6.45, 7) is 9.43. The maximum Gasteiger partial charge on any atom is 0.348 e. The van der Waals surface area contributed by atoms with Crippen molar-refractivity contribution in [3.8, 4) is 0 Å². The second kappa shape index (κ2) is 9.67. The Morgan fingerprint density at radius 2 is 2.04 bits per heavy atom. The number of piperidine rings is 1. The Hall–Kier alpha value is -1.40. The molecule has 0 aromatic carbocycles. The number of anilines is 1. The summed E-state index contributed by atoms with van der Waals surface area (Å²) in [7, 11) is 0. The zero-order chi connectivity index (χ0) is 15.9. The molecule has 1 aromatic rings. The Kier molecular flexibility index (Phi) is 8.26. The van der Waals surface area contributed by atoms with E-state index >= 15 is 0 Å². The summed E-state index contributed by atoms with van der Waals surface area (Å²) in [5, 5.41) is 3.02. The molecule has 1 unspecified atom stereocenters. The van der Waals surface area contributed by atoms with Gasteiger partial charge in [-0.15, -0.1) is 0 Å². The summed E-state index contributed by atoms with van der Waals surface area (Å²) in [4.78, 5) is 14.4. The summed E-state index contributed by atoms with van der Waals surface area (Å²) in [6.07, 6.45) is 5.11. The van der Waals surface area contributed by atoms with E-state index in [-0.39, 0.29) is 12.4 Å². The highest BCUT2D eigenvalue weighted by Crippen LogP contribution is 2.15. The Bertz CT molecular complexity index is 499. The summed E-state index contributed by atoms with van der Waals surface area (Å²) in [5.41, 5.74) is 7.82. The summed E-state index contributed by atoms with van der Waals surface area (Å²) < 4.78 is 0. The van der Waals surface area contributed by atoms with Crippen molar-refractivity contribution in [2.24, 2.45) is 5.73 Å². The minimum Gasteiger partial charge on any atom is -1.00 e. The van der Waals surface area contributed by atoms with Crippen LogP contribution in [0.4, 0.5) is 5.95 Å². The molecule has 1 atom stereocenters. The van der Waals surface area contributed by atoms with Gasteiger partial charge < -0.3 is 17.3 Å². The van der Waals surface area contributed by atoms with Crippen molar-refractivity contribution in [2.75, 3.05) is 25.0 Å². The van der Waals surface area contributed by atoms with Crippen LogP contribution in [0.1, 0.15) is 44.0 Å². The third-order valence-corrected chi connectivity index (χ3v) is 4.11. The number of rotatable bonds is 5. The molecule has 1 saturated heterocycles. The predicted octanol–water partition coefficient (Wildman–Crippen LogP) is -2.83.